The summed E-state index contributed by atoms with van der Waals surface area (Å²) in [6, 6.07) is 12.5. The maximum Gasteiger partial charge on any atom is 0.324 e. The van der Waals surface area contributed by atoms with Crippen LogP contribution in [0.1, 0.15) is 36.7 Å². The molecule has 1 N–H and O–H groups in total. The van der Waals surface area contributed by atoms with E-state index in [1.54, 1.807) is 38.1 Å². The van der Waals surface area contributed by atoms with Gasteiger partial charge < -0.3 is 19.2 Å². The van der Waals surface area contributed by atoms with Crippen molar-refractivity contribution in [3.8, 4) is 0 Å². The lowest BCUT2D eigenvalue weighted by Crippen LogP contribution is -2.54. The maximum absolute atomic E-state index is 14.1. The van der Waals surface area contributed by atoms with E-state index >= 15 is 0 Å². The molecule has 3 aromatic rings. The molecule has 180 valence electrons. The van der Waals surface area contributed by atoms with Gasteiger partial charge in [-0.15, -0.1) is 0 Å². The molecule has 8 nitrogen and oxygen atoms in total. The zero-order valence-corrected chi connectivity index (χ0v) is 20.4. The Morgan fingerprint density at radius 3 is 2.50 bits per heavy atom. The molecule has 2 aliphatic rings. The van der Waals surface area contributed by atoms with Crippen molar-refractivity contribution in [2.45, 2.75) is 56.1 Å². The molecule has 0 spiro atoms. The largest absolute Gasteiger partial charge is 0.468 e. The van der Waals surface area contributed by atoms with Gasteiger partial charge in [0.1, 0.15) is 12.1 Å². The first-order chi connectivity index (χ1) is 16.1. The third-order valence-electron chi connectivity index (χ3n) is 6.57. The van der Waals surface area contributed by atoms with Crippen LogP contribution in [0.5, 0.6) is 0 Å². The van der Waals surface area contributed by atoms with Crippen LogP contribution < -0.4 is 0 Å². The van der Waals surface area contributed by atoms with Crippen molar-refractivity contribution in [3.63, 3.8) is 0 Å². The number of carbonyl (C=O) groups is 1. The molecule has 0 saturated carbocycles. The molecule has 2 aromatic carbocycles. The summed E-state index contributed by atoms with van der Waals surface area (Å²) in [6.07, 6.45) is -0.445. The van der Waals surface area contributed by atoms with E-state index < -0.39 is 40.0 Å². The standard InChI is InChI=1S/C25H28N2O6S/c1-15-9-11-16(12-10-15)34(29,30)27-20(24(28)31-4)13-18-17-7-5-6-8-19(17)26-22(18)23(27)21-14-32-25(2,3)33-21/h5-12,20-21,23,26H,13-14H2,1-4H3/t20-,21-,23+/m0/s1. The number of nitrogens with one attached hydrogen (secondary N) is 1. The third kappa shape index (κ3) is 3.73. The number of aryl methyl sites for hydroxylation is 1. The number of hydrogen-bond donors (Lipinski definition) is 1. The zero-order chi connectivity index (χ0) is 24.3. The molecule has 1 aromatic heterocycles. The molecule has 3 atom stereocenters. The number of para-hydroxylation sites is 1. The first kappa shape index (κ1) is 23.0. The lowest BCUT2D eigenvalue weighted by atomic mass is 9.91. The normalized spacial score (nSPS) is 24.8. The Balaban J connectivity index is 1.74. The number of fused-ring (bicyclic) bond motifs is 3. The molecule has 0 aliphatic carbocycles. The number of rotatable bonds is 4. The fourth-order valence-corrected chi connectivity index (χ4v) is 6.75. The first-order valence-corrected chi connectivity index (χ1v) is 12.7. The Bertz CT molecular complexity index is 1350. The number of benzene rings is 2. The fraction of sp³-hybridized carbons (Fsp3) is 0.400. The monoisotopic (exact) mass is 484 g/mol. The molecule has 2 aliphatic heterocycles. The minimum Gasteiger partial charge on any atom is -0.468 e. The van der Waals surface area contributed by atoms with Gasteiger partial charge in [0, 0.05) is 23.0 Å². The quantitative estimate of drug-likeness (QED) is 0.570. The minimum absolute atomic E-state index is 0.106. The molecule has 1 saturated heterocycles. The first-order valence-electron chi connectivity index (χ1n) is 11.2. The highest BCUT2D eigenvalue weighted by molar-refractivity contribution is 7.89. The van der Waals surface area contributed by atoms with E-state index in [2.05, 4.69) is 4.98 Å². The molecule has 5 rings (SSSR count). The fourth-order valence-electron chi connectivity index (χ4n) is 4.99. The number of sulfonamides is 1. The van der Waals surface area contributed by atoms with Crippen LogP contribution in [0.4, 0.5) is 0 Å². The number of methoxy groups -OCH3 is 1. The van der Waals surface area contributed by atoms with Crippen LogP contribution in [0, 0.1) is 6.92 Å². The number of H-pyrrole nitrogens is 1. The second-order valence-corrected chi connectivity index (χ2v) is 11.1. The van der Waals surface area contributed by atoms with E-state index in [9.17, 15) is 13.2 Å². The van der Waals surface area contributed by atoms with Crippen molar-refractivity contribution in [2.24, 2.45) is 0 Å². The summed E-state index contributed by atoms with van der Waals surface area (Å²) in [5.74, 6) is -1.50. The van der Waals surface area contributed by atoms with Gasteiger partial charge in [-0.05, 0) is 44.5 Å². The topological polar surface area (TPSA) is 97.9 Å². The molecule has 9 heteroatoms. The highest BCUT2D eigenvalue weighted by Crippen LogP contribution is 2.45. The van der Waals surface area contributed by atoms with Crippen LogP contribution in [0.25, 0.3) is 10.9 Å². The van der Waals surface area contributed by atoms with Gasteiger partial charge in [-0.25, -0.2) is 8.42 Å². The third-order valence-corrected chi connectivity index (χ3v) is 8.48. The van der Waals surface area contributed by atoms with Crippen LogP contribution >= 0.6 is 0 Å². The summed E-state index contributed by atoms with van der Waals surface area (Å²) < 4.78 is 46.5. The molecule has 0 radical (unpaired) electrons. The number of ether oxygens (including phenoxy) is 3. The van der Waals surface area contributed by atoms with E-state index in [-0.39, 0.29) is 17.9 Å². The summed E-state index contributed by atoms with van der Waals surface area (Å²) in [7, 11) is -2.84. The average Bonchev–Trinajstić information content (AvgIpc) is 3.36. The van der Waals surface area contributed by atoms with Gasteiger partial charge in [0.15, 0.2) is 5.79 Å². The number of esters is 1. The van der Waals surface area contributed by atoms with Gasteiger partial charge in [0.05, 0.1) is 24.7 Å². The molecule has 3 heterocycles. The van der Waals surface area contributed by atoms with Gasteiger partial charge in [0.25, 0.3) is 0 Å². The van der Waals surface area contributed by atoms with Gasteiger partial charge in [-0.2, -0.15) is 4.31 Å². The summed E-state index contributed by atoms with van der Waals surface area (Å²) in [4.78, 5) is 16.6. The highest BCUT2D eigenvalue weighted by atomic mass is 32.2. The number of nitrogens with zero attached hydrogens (tertiary/aromatic N) is 1. The predicted octanol–water partition coefficient (Wildman–Crippen LogP) is 3.46. The van der Waals surface area contributed by atoms with Crippen LogP contribution in [-0.4, -0.2) is 55.3 Å². The van der Waals surface area contributed by atoms with Gasteiger partial charge in [-0.1, -0.05) is 35.9 Å². The second kappa shape index (κ2) is 8.20. The Morgan fingerprint density at radius 2 is 1.85 bits per heavy atom. The number of carbonyl (C=O) groups excluding carboxylic acids is 1. The van der Waals surface area contributed by atoms with Crippen LogP contribution in [0.3, 0.4) is 0 Å². The minimum atomic E-state index is -4.11. The van der Waals surface area contributed by atoms with Crippen LogP contribution in [-0.2, 0) is 35.4 Å². The Morgan fingerprint density at radius 1 is 1.15 bits per heavy atom. The van der Waals surface area contributed by atoms with Gasteiger partial charge in [0.2, 0.25) is 10.0 Å². The van der Waals surface area contributed by atoms with Crippen LogP contribution in [0.15, 0.2) is 53.4 Å². The molecular weight excluding hydrogens is 456 g/mol. The van der Waals surface area contributed by atoms with Gasteiger partial charge in [-0.3, -0.25) is 4.79 Å². The van der Waals surface area contributed by atoms with E-state index in [0.29, 0.717) is 5.69 Å². The summed E-state index contributed by atoms with van der Waals surface area (Å²) in [5.41, 5.74) is 3.41. The zero-order valence-electron chi connectivity index (χ0n) is 19.6. The molecule has 0 bridgehead atoms. The Hall–Kier alpha value is -2.72. The van der Waals surface area contributed by atoms with E-state index in [1.807, 2.05) is 31.2 Å². The summed E-state index contributed by atoms with van der Waals surface area (Å²) in [6.45, 7) is 5.65. The molecule has 0 unspecified atom stereocenters. The lowest BCUT2D eigenvalue weighted by Gasteiger charge is -2.41. The number of aromatic amines is 1. The van der Waals surface area contributed by atoms with Crippen LogP contribution in [0.2, 0.25) is 0 Å². The van der Waals surface area contributed by atoms with E-state index in [1.165, 1.54) is 11.4 Å². The summed E-state index contributed by atoms with van der Waals surface area (Å²) >= 11 is 0. The smallest absolute Gasteiger partial charge is 0.324 e. The highest BCUT2D eigenvalue weighted by Gasteiger charge is 2.53. The van der Waals surface area contributed by atoms with Gasteiger partial charge >= 0.3 is 5.97 Å². The van der Waals surface area contributed by atoms with Crippen molar-refractivity contribution in [3.05, 3.63) is 65.4 Å². The Labute approximate surface area is 198 Å². The number of hydrogen-bond acceptors (Lipinski definition) is 6. The van der Waals surface area contributed by atoms with E-state index in [4.69, 9.17) is 14.2 Å². The van der Waals surface area contributed by atoms with Crippen molar-refractivity contribution in [2.75, 3.05) is 13.7 Å². The Kier molecular flexibility index (Phi) is 5.55. The van der Waals surface area contributed by atoms with Crippen molar-refractivity contribution in [1.29, 1.82) is 0 Å². The number of aromatic nitrogens is 1. The SMILES string of the molecule is COC(=O)[C@@H]1Cc2c([nH]c3ccccc23)[C@@H]([C@@H]2COC(C)(C)O2)N1S(=O)(=O)c1ccc(C)cc1. The molecule has 0 amide bonds. The van der Waals surface area contributed by atoms with E-state index in [0.717, 1.165) is 22.0 Å². The molecule has 1 fully saturated rings. The second-order valence-electron chi connectivity index (χ2n) is 9.27. The molecular formula is C25H28N2O6S. The maximum atomic E-state index is 14.1. The average molecular weight is 485 g/mol. The molecule has 34 heavy (non-hydrogen) atoms. The van der Waals surface area contributed by atoms with Crippen molar-refractivity contribution in [1.82, 2.24) is 9.29 Å². The summed E-state index contributed by atoms with van der Waals surface area (Å²) in [5, 5.41) is 0.946. The van der Waals surface area contributed by atoms with Crippen molar-refractivity contribution < 1.29 is 27.4 Å². The van der Waals surface area contributed by atoms with Crippen molar-refractivity contribution >= 4 is 26.9 Å². The predicted molar refractivity (Wildman–Crippen MR) is 126 cm³/mol. The lowest BCUT2D eigenvalue weighted by molar-refractivity contribution is -0.152.